The first-order valence-electron chi connectivity index (χ1n) is 8.74. The molecular formula is C18H31N3O2. The van der Waals surface area contributed by atoms with Crippen LogP contribution in [0.1, 0.15) is 52.5 Å². The number of hydrogen-bond acceptors (Lipinski definition) is 3. The number of nitrogens with one attached hydrogen (secondary N) is 1. The maximum atomic E-state index is 12.2. The van der Waals surface area contributed by atoms with Crippen molar-refractivity contribution in [3.8, 4) is 0 Å². The first-order valence-corrected chi connectivity index (χ1v) is 8.74. The molecule has 0 radical (unpaired) electrons. The van der Waals surface area contributed by atoms with Crippen LogP contribution in [-0.2, 0) is 17.8 Å². The van der Waals surface area contributed by atoms with Gasteiger partial charge in [-0.05, 0) is 65.1 Å². The van der Waals surface area contributed by atoms with E-state index in [4.69, 9.17) is 4.74 Å². The van der Waals surface area contributed by atoms with E-state index in [1.54, 1.807) is 0 Å². The zero-order valence-corrected chi connectivity index (χ0v) is 15.0. The van der Waals surface area contributed by atoms with Crippen LogP contribution in [-0.4, -0.2) is 40.3 Å². The Morgan fingerprint density at radius 1 is 1.43 bits per heavy atom. The number of ether oxygens (including phenoxy) is 1. The Bertz CT molecular complexity index is 505. The van der Waals surface area contributed by atoms with Crippen LogP contribution in [0.25, 0.3) is 0 Å². The van der Waals surface area contributed by atoms with Gasteiger partial charge in [0.1, 0.15) is 5.60 Å². The molecule has 0 bridgehead atoms. The molecular weight excluding hydrogens is 290 g/mol. The second-order valence-corrected chi connectivity index (χ2v) is 7.29. The molecule has 1 N–H and O–H groups in total. The van der Waals surface area contributed by atoms with Gasteiger partial charge in [0.25, 0.3) is 0 Å². The lowest BCUT2D eigenvalue weighted by atomic mass is 10.1. The van der Waals surface area contributed by atoms with Crippen molar-refractivity contribution in [3.05, 3.63) is 24.0 Å². The van der Waals surface area contributed by atoms with Crippen LogP contribution < -0.4 is 5.32 Å². The number of nitrogens with zero attached hydrogens (tertiary/aromatic N) is 2. The second-order valence-electron chi connectivity index (χ2n) is 7.29. The summed E-state index contributed by atoms with van der Waals surface area (Å²) in [5.41, 5.74) is 0.886. The Morgan fingerprint density at radius 2 is 2.22 bits per heavy atom. The van der Waals surface area contributed by atoms with Gasteiger partial charge in [-0.3, -0.25) is 0 Å². The van der Waals surface area contributed by atoms with Crippen LogP contribution in [0, 0.1) is 0 Å². The van der Waals surface area contributed by atoms with E-state index in [1.165, 1.54) is 5.56 Å². The fourth-order valence-electron chi connectivity index (χ4n) is 2.99. The van der Waals surface area contributed by atoms with Crippen LogP contribution in [0.15, 0.2) is 18.5 Å². The monoisotopic (exact) mass is 321 g/mol. The zero-order valence-electron chi connectivity index (χ0n) is 15.0. The van der Waals surface area contributed by atoms with Crippen molar-refractivity contribution in [1.29, 1.82) is 0 Å². The Kier molecular flexibility index (Phi) is 6.10. The normalized spacial score (nSPS) is 18.4. The van der Waals surface area contributed by atoms with Crippen LogP contribution in [0.5, 0.6) is 0 Å². The molecule has 0 aromatic carbocycles. The predicted octanol–water partition coefficient (Wildman–Crippen LogP) is 3.39. The molecule has 0 saturated carbocycles. The van der Waals surface area contributed by atoms with E-state index in [9.17, 15) is 4.79 Å². The van der Waals surface area contributed by atoms with Gasteiger partial charge in [-0.1, -0.05) is 0 Å². The summed E-state index contributed by atoms with van der Waals surface area (Å²) >= 11 is 0. The number of hydrogen-bond donors (Lipinski definition) is 1. The number of aryl methyl sites for hydroxylation is 1. The molecule has 1 aromatic rings. The van der Waals surface area contributed by atoms with Gasteiger partial charge in [0.2, 0.25) is 0 Å². The number of rotatable bonds is 6. The Balaban J connectivity index is 1.72. The van der Waals surface area contributed by atoms with Crippen LogP contribution in [0.3, 0.4) is 0 Å². The molecule has 1 unspecified atom stereocenters. The Labute approximate surface area is 140 Å². The number of aromatic nitrogens is 1. The van der Waals surface area contributed by atoms with Crippen molar-refractivity contribution in [2.45, 2.75) is 71.7 Å². The number of carbonyl (C=O) groups is 1. The molecule has 1 aromatic heterocycles. The topological polar surface area (TPSA) is 46.5 Å². The lowest BCUT2D eigenvalue weighted by molar-refractivity contribution is 0.0220. The lowest BCUT2D eigenvalue weighted by Gasteiger charge is -2.28. The SMILES string of the molecule is CCn1ccc(CNCCC2CCCN2C(=O)OC(C)(C)C)c1. The van der Waals surface area contributed by atoms with E-state index < -0.39 is 5.60 Å². The first-order chi connectivity index (χ1) is 10.9. The van der Waals surface area contributed by atoms with Crippen molar-refractivity contribution >= 4 is 6.09 Å². The second kappa shape index (κ2) is 7.86. The molecule has 5 heteroatoms. The molecule has 1 aliphatic heterocycles. The Morgan fingerprint density at radius 3 is 2.87 bits per heavy atom. The Hall–Kier alpha value is -1.49. The van der Waals surface area contributed by atoms with Gasteiger partial charge in [0.05, 0.1) is 0 Å². The molecule has 5 nitrogen and oxygen atoms in total. The fourth-order valence-corrected chi connectivity index (χ4v) is 2.99. The predicted molar refractivity (Wildman–Crippen MR) is 92.4 cm³/mol. The molecule has 1 fully saturated rings. The van der Waals surface area contributed by atoms with Crippen LogP contribution in [0.2, 0.25) is 0 Å². The average molecular weight is 321 g/mol. The van der Waals surface area contributed by atoms with Gasteiger partial charge in [0.15, 0.2) is 0 Å². The third-order valence-electron chi connectivity index (χ3n) is 4.17. The maximum absolute atomic E-state index is 12.2. The molecule has 2 rings (SSSR count). The smallest absolute Gasteiger partial charge is 0.410 e. The quantitative estimate of drug-likeness (QED) is 0.817. The fraction of sp³-hybridized carbons (Fsp3) is 0.722. The lowest BCUT2D eigenvalue weighted by Crippen LogP contribution is -2.40. The van der Waals surface area contributed by atoms with E-state index >= 15 is 0 Å². The average Bonchev–Trinajstić information content (AvgIpc) is 3.10. The maximum Gasteiger partial charge on any atom is 0.410 e. The van der Waals surface area contributed by atoms with Crippen molar-refractivity contribution in [2.75, 3.05) is 13.1 Å². The minimum absolute atomic E-state index is 0.167. The van der Waals surface area contributed by atoms with Crippen molar-refractivity contribution in [3.63, 3.8) is 0 Å². The van der Waals surface area contributed by atoms with E-state index in [-0.39, 0.29) is 6.09 Å². The van der Waals surface area contributed by atoms with Crippen molar-refractivity contribution in [1.82, 2.24) is 14.8 Å². The molecule has 0 spiro atoms. The summed E-state index contributed by atoms with van der Waals surface area (Å²) in [6.45, 7) is 11.5. The standard InChI is InChI=1S/C18H31N3O2/c1-5-20-12-9-15(14-20)13-19-10-8-16-7-6-11-21(16)17(22)23-18(2,3)4/h9,12,14,16,19H,5-8,10-11,13H2,1-4H3. The highest BCUT2D eigenvalue weighted by Crippen LogP contribution is 2.22. The summed E-state index contributed by atoms with van der Waals surface area (Å²) in [5.74, 6) is 0. The van der Waals surface area contributed by atoms with Gasteiger partial charge in [0, 0.05) is 38.1 Å². The highest BCUT2D eigenvalue weighted by Gasteiger charge is 2.31. The summed E-state index contributed by atoms with van der Waals surface area (Å²) in [6, 6.07) is 2.46. The van der Waals surface area contributed by atoms with E-state index in [0.29, 0.717) is 6.04 Å². The van der Waals surface area contributed by atoms with Gasteiger partial charge in [-0.2, -0.15) is 0 Å². The summed E-state index contributed by atoms with van der Waals surface area (Å²) in [5, 5.41) is 3.48. The third-order valence-corrected chi connectivity index (χ3v) is 4.17. The van der Waals surface area contributed by atoms with Gasteiger partial charge in [-0.25, -0.2) is 4.79 Å². The molecule has 23 heavy (non-hydrogen) atoms. The molecule has 1 saturated heterocycles. The molecule has 0 aliphatic carbocycles. The van der Waals surface area contributed by atoms with Gasteiger partial charge in [-0.15, -0.1) is 0 Å². The summed E-state index contributed by atoms with van der Waals surface area (Å²) in [6.07, 6.45) is 7.25. The molecule has 2 heterocycles. The minimum Gasteiger partial charge on any atom is -0.444 e. The van der Waals surface area contributed by atoms with Gasteiger partial charge < -0.3 is 19.5 Å². The largest absolute Gasteiger partial charge is 0.444 e. The highest BCUT2D eigenvalue weighted by molar-refractivity contribution is 5.68. The van der Waals surface area contributed by atoms with E-state index in [1.807, 2.05) is 25.7 Å². The third kappa shape index (κ3) is 5.57. The summed E-state index contributed by atoms with van der Waals surface area (Å²) in [7, 11) is 0. The molecule has 1 amide bonds. The highest BCUT2D eigenvalue weighted by atomic mass is 16.6. The summed E-state index contributed by atoms with van der Waals surface area (Å²) < 4.78 is 7.69. The number of likely N-dealkylation sites (tertiary alicyclic amines) is 1. The van der Waals surface area contributed by atoms with E-state index in [0.717, 1.165) is 45.4 Å². The molecule has 1 atom stereocenters. The molecule has 1 aliphatic rings. The minimum atomic E-state index is -0.422. The first kappa shape index (κ1) is 17.9. The zero-order chi connectivity index (χ0) is 16.9. The van der Waals surface area contributed by atoms with Crippen LogP contribution in [0.4, 0.5) is 4.79 Å². The molecule has 130 valence electrons. The van der Waals surface area contributed by atoms with Crippen LogP contribution >= 0.6 is 0 Å². The van der Waals surface area contributed by atoms with Crippen molar-refractivity contribution in [2.24, 2.45) is 0 Å². The van der Waals surface area contributed by atoms with Crippen molar-refractivity contribution < 1.29 is 9.53 Å². The number of amides is 1. The summed E-state index contributed by atoms with van der Waals surface area (Å²) in [4.78, 5) is 14.1. The van der Waals surface area contributed by atoms with Gasteiger partial charge >= 0.3 is 6.09 Å². The van der Waals surface area contributed by atoms with E-state index in [2.05, 4.69) is 35.3 Å². The number of carbonyl (C=O) groups excluding carboxylic acids is 1.